The lowest BCUT2D eigenvalue weighted by atomic mass is 9.76. The van der Waals surface area contributed by atoms with E-state index in [1.165, 1.54) is 77.7 Å². The summed E-state index contributed by atoms with van der Waals surface area (Å²) in [5.74, 6) is 0. The minimum atomic E-state index is -0.0497. The van der Waals surface area contributed by atoms with Crippen molar-refractivity contribution in [3.05, 3.63) is 129 Å². The van der Waals surface area contributed by atoms with E-state index in [4.69, 9.17) is 11.6 Å². The third-order valence-electron chi connectivity index (χ3n) is 11.3. The van der Waals surface area contributed by atoms with Crippen LogP contribution in [0.25, 0.3) is 21.5 Å². The summed E-state index contributed by atoms with van der Waals surface area (Å²) in [6.07, 6.45) is 10.3. The van der Waals surface area contributed by atoms with Crippen molar-refractivity contribution >= 4 is 50.2 Å². The van der Waals surface area contributed by atoms with Crippen LogP contribution in [0.4, 0.5) is 11.4 Å². The Morgan fingerprint density at radius 1 is 0.689 bits per heavy atom. The van der Waals surface area contributed by atoms with Gasteiger partial charge >= 0.3 is 0 Å². The molecule has 1 aliphatic carbocycles. The van der Waals surface area contributed by atoms with Crippen LogP contribution in [0.15, 0.2) is 118 Å². The molecule has 4 aliphatic heterocycles. The highest BCUT2D eigenvalue weighted by Crippen LogP contribution is 2.55. The monoisotopic (exact) mass is 607 g/mol. The van der Waals surface area contributed by atoms with Gasteiger partial charge in [-0.3, -0.25) is 0 Å². The van der Waals surface area contributed by atoms with Gasteiger partial charge in [0.2, 0.25) is 5.69 Å². The zero-order chi connectivity index (χ0) is 30.7. The van der Waals surface area contributed by atoms with E-state index in [9.17, 15) is 0 Å². The van der Waals surface area contributed by atoms with Gasteiger partial charge in [0.25, 0.3) is 0 Å². The van der Waals surface area contributed by atoms with Gasteiger partial charge in [-0.1, -0.05) is 86.1 Å². The fourth-order valence-electron chi connectivity index (χ4n) is 9.62. The third-order valence-corrected chi connectivity index (χ3v) is 11.8. The molecule has 0 saturated carbocycles. The number of halogens is 1. The maximum Gasteiger partial charge on any atom is 0.210 e. The van der Waals surface area contributed by atoms with Gasteiger partial charge in [0.15, 0.2) is 12.3 Å². The van der Waals surface area contributed by atoms with Gasteiger partial charge in [-0.2, -0.15) is 4.58 Å². The normalized spacial score (nSPS) is 23.2. The molecule has 0 radical (unpaired) electrons. The van der Waals surface area contributed by atoms with Crippen LogP contribution in [0.3, 0.4) is 0 Å². The molecule has 4 aromatic rings. The molecule has 0 N–H and O–H groups in total. The SMILES string of the molecule is CC1(C)C2=C(C=C3CCCC(C=C4CC[N+]5=C4C(C)(C)c4c5ccc5ccccc45)=C3Cl)CCN2c2ccc3ccccc3c21. The van der Waals surface area contributed by atoms with Crippen molar-refractivity contribution in [3.63, 3.8) is 0 Å². The number of anilines is 1. The van der Waals surface area contributed by atoms with Crippen LogP contribution in [0.1, 0.15) is 70.9 Å². The van der Waals surface area contributed by atoms with Crippen LogP contribution in [0.5, 0.6) is 0 Å². The number of benzene rings is 4. The molecule has 3 heteroatoms. The highest BCUT2D eigenvalue weighted by atomic mass is 35.5. The molecule has 0 fully saturated rings. The van der Waals surface area contributed by atoms with Crippen molar-refractivity contribution < 1.29 is 4.58 Å². The third kappa shape index (κ3) is 3.78. The number of allylic oxidation sites excluding steroid dienone is 6. The zero-order valence-electron chi connectivity index (χ0n) is 26.8. The second-order valence-electron chi connectivity index (χ2n) is 14.7. The van der Waals surface area contributed by atoms with Crippen molar-refractivity contribution in [2.24, 2.45) is 0 Å². The minimum absolute atomic E-state index is 0.0497. The Bertz CT molecular complexity index is 2150. The van der Waals surface area contributed by atoms with Gasteiger partial charge in [0, 0.05) is 52.0 Å². The molecule has 0 unspecified atom stereocenters. The van der Waals surface area contributed by atoms with E-state index in [-0.39, 0.29) is 10.8 Å². The summed E-state index contributed by atoms with van der Waals surface area (Å²) in [6, 6.07) is 27.0. The molecule has 2 nitrogen and oxygen atoms in total. The molecular formula is C42H40ClN2+. The van der Waals surface area contributed by atoms with E-state index in [0.29, 0.717) is 0 Å². The quantitative estimate of drug-likeness (QED) is 0.205. The molecule has 45 heavy (non-hydrogen) atoms. The van der Waals surface area contributed by atoms with E-state index < -0.39 is 0 Å². The summed E-state index contributed by atoms with van der Waals surface area (Å²) in [5.41, 5.74) is 14.1. The number of rotatable bonds is 2. The Balaban J connectivity index is 1.11. The van der Waals surface area contributed by atoms with Crippen LogP contribution in [-0.2, 0) is 10.8 Å². The zero-order valence-corrected chi connectivity index (χ0v) is 27.6. The molecule has 0 amide bonds. The first-order chi connectivity index (χ1) is 21.7. The van der Waals surface area contributed by atoms with Gasteiger partial charge in [0.05, 0.1) is 5.41 Å². The Hall–Kier alpha value is -3.88. The topological polar surface area (TPSA) is 6.25 Å². The van der Waals surface area contributed by atoms with E-state index in [1.54, 1.807) is 0 Å². The van der Waals surface area contributed by atoms with E-state index in [1.807, 2.05) is 0 Å². The Morgan fingerprint density at radius 2 is 1.38 bits per heavy atom. The number of fused-ring (bicyclic) bond motifs is 9. The van der Waals surface area contributed by atoms with Gasteiger partial charge < -0.3 is 4.90 Å². The molecule has 5 aliphatic rings. The lowest BCUT2D eigenvalue weighted by molar-refractivity contribution is -0.428. The smallest absolute Gasteiger partial charge is 0.210 e. The van der Waals surface area contributed by atoms with Gasteiger partial charge in [-0.15, -0.1) is 0 Å². The highest BCUT2D eigenvalue weighted by Gasteiger charge is 2.51. The summed E-state index contributed by atoms with van der Waals surface area (Å²) in [5, 5.41) is 6.40. The number of hydrogen-bond donors (Lipinski definition) is 0. The first-order valence-electron chi connectivity index (χ1n) is 16.8. The molecule has 0 bridgehead atoms. The van der Waals surface area contributed by atoms with Gasteiger partial charge in [-0.25, -0.2) is 0 Å². The lowest BCUT2D eigenvalue weighted by Gasteiger charge is -2.25. The molecule has 224 valence electrons. The average Bonchev–Trinajstić information content (AvgIpc) is 3.77. The van der Waals surface area contributed by atoms with Crippen LogP contribution < -0.4 is 4.90 Å². The van der Waals surface area contributed by atoms with E-state index >= 15 is 0 Å². The van der Waals surface area contributed by atoms with Crippen molar-refractivity contribution in [3.8, 4) is 0 Å². The van der Waals surface area contributed by atoms with E-state index in [2.05, 4.69) is 122 Å². The summed E-state index contributed by atoms with van der Waals surface area (Å²) in [6.45, 7) is 11.7. The van der Waals surface area contributed by atoms with Gasteiger partial charge in [-0.05, 0) is 102 Å². The van der Waals surface area contributed by atoms with Crippen LogP contribution >= 0.6 is 11.6 Å². The molecular weight excluding hydrogens is 568 g/mol. The molecule has 0 spiro atoms. The van der Waals surface area contributed by atoms with Crippen LogP contribution in [-0.4, -0.2) is 23.4 Å². The molecule has 0 saturated heterocycles. The minimum Gasteiger partial charge on any atom is -0.343 e. The Kier molecular flexibility index (Phi) is 5.83. The van der Waals surface area contributed by atoms with Crippen molar-refractivity contribution in [1.29, 1.82) is 0 Å². The second kappa shape index (κ2) is 9.56. The first-order valence-corrected chi connectivity index (χ1v) is 17.1. The van der Waals surface area contributed by atoms with Crippen molar-refractivity contribution in [2.75, 3.05) is 18.0 Å². The largest absolute Gasteiger partial charge is 0.343 e. The number of hydrogen-bond acceptors (Lipinski definition) is 1. The molecule has 4 aromatic carbocycles. The fraction of sp³-hybridized carbons (Fsp3) is 0.310. The van der Waals surface area contributed by atoms with Crippen LogP contribution in [0.2, 0.25) is 0 Å². The standard InChI is InChI=1S/C42H40ClN2/c1-41(2)36-32-14-7-5-10-26(32)16-18-34(36)44-22-20-30(39(41)44)24-28-12-9-13-29(38(28)43)25-31-21-23-45-35-19-17-27-11-6-8-15-33(27)37(35)42(3,4)40(31)45/h5-8,10-11,14-19,24-25H,9,12-13,20-23H2,1-4H3/q+1. The fourth-order valence-corrected chi connectivity index (χ4v) is 9.92. The lowest BCUT2D eigenvalue weighted by Crippen LogP contribution is -2.28. The summed E-state index contributed by atoms with van der Waals surface area (Å²) >= 11 is 7.38. The highest BCUT2D eigenvalue weighted by molar-refractivity contribution is 6.32. The Labute approximate surface area is 271 Å². The van der Waals surface area contributed by atoms with E-state index in [0.717, 1.165) is 50.2 Å². The molecule has 0 aromatic heterocycles. The Morgan fingerprint density at radius 3 is 2.16 bits per heavy atom. The molecule has 0 atom stereocenters. The summed E-state index contributed by atoms with van der Waals surface area (Å²) in [4.78, 5) is 2.59. The first kappa shape index (κ1) is 27.4. The predicted molar refractivity (Wildman–Crippen MR) is 190 cm³/mol. The maximum atomic E-state index is 7.38. The van der Waals surface area contributed by atoms with Crippen LogP contribution in [0, 0.1) is 0 Å². The summed E-state index contributed by atoms with van der Waals surface area (Å²) < 4.78 is 2.59. The second-order valence-corrected chi connectivity index (χ2v) is 15.0. The number of nitrogens with zero attached hydrogens (tertiary/aromatic N) is 2. The average molecular weight is 608 g/mol. The molecule has 4 heterocycles. The van der Waals surface area contributed by atoms with Crippen molar-refractivity contribution in [2.45, 2.75) is 70.6 Å². The van der Waals surface area contributed by atoms with Crippen molar-refractivity contribution in [1.82, 2.24) is 0 Å². The van der Waals surface area contributed by atoms with Gasteiger partial charge in [0.1, 0.15) is 0 Å². The summed E-state index contributed by atoms with van der Waals surface area (Å²) in [7, 11) is 0. The predicted octanol–water partition coefficient (Wildman–Crippen LogP) is 10.8. The maximum absolute atomic E-state index is 7.38. The molecule has 9 rings (SSSR count).